The summed E-state index contributed by atoms with van der Waals surface area (Å²) in [4.78, 5) is 14.5. The first-order valence-corrected chi connectivity index (χ1v) is 8.48. The van der Waals surface area contributed by atoms with Gasteiger partial charge in [0.05, 0.1) is 11.2 Å². The SMILES string of the molecule is Cc1ccccc1-c1nc(N2CCN(C)CC2)nc2ccccc12. The largest absolute Gasteiger partial charge is 0.338 e. The predicted molar refractivity (Wildman–Crippen MR) is 99.4 cm³/mol. The molecular formula is C20H22N4. The third kappa shape index (κ3) is 2.74. The van der Waals surface area contributed by atoms with Gasteiger partial charge in [-0.05, 0) is 25.6 Å². The Labute approximate surface area is 142 Å². The maximum atomic E-state index is 4.98. The molecule has 2 heterocycles. The molecule has 1 saturated heterocycles. The van der Waals surface area contributed by atoms with E-state index in [0.29, 0.717) is 0 Å². The van der Waals surface area contributed by atoms with Crippen LogP contribution in [0.5, 0.6) is 0 Å². The summed E-state index contributed by atoms with van der Waals surface area (Å²) in [6.07, 6.45) is 0. The lowest BCUT2D eigenvalue weighted by Crippen LogP contribution is -2.45. The smallest absolute Gasteiger partial charge is 0.226 e. The van der Waals surface area contributed by atoms with Gasteiger partial charge in [0.25, 0.3) is 0 Å². The molecule has 0 radical (unpaired) electrons. The quantitative estimate of drug-likeness (QED) is 0.725. The molecule has 122 valence electrons. The summed E-state index contributed by atoms with van der Waals surface area (Å²) in [6, 6.07) is 16.7. The Kier molecular flexibility index (Phi) is 3.90. The first-order valence-electron chi connectivity index (χ1n) is 8.48. The van der Waals surface area contributed by atoms with Crippen LogP contribution in [0.3, 0.4) is 0 Å². The molecule has 2 aromatic carbocycles. The second kappa shape index (κ2) is 6.21. The van der Waals surface area contributed by atoms with E-state index >= 15 is 0 Å². The van der Waals surface area contributed by atoms with Crippen LogP contribution in [0.2, 0.25) is 0 Å². The van der Waals surface area contributed by atoms with Gasteiger partial charge in [0.2, 0.25) is 5.95 Å². The Hall–Kier alpha value is -2.46. The Morgan fingerprint density at radius 3 is 2.33 bits per heavy atom. The van der Waals surface area contributed by atoms with Gasteiger partial charge in [-0.1, -0.05) is 42.5 Å². The number of fused-ring (bicyclic) bond motifs is 1. The van der Waals surface area contributed by atoms with E-state index in [0.717, 1.165) is 48.7 Å². The summed E-state index contributed by atoms with van der Waals surface area (Å²) >= 11 is 0. The molecule has 0 amide bonds. The van der Waals surface area contributed by atoms with Crippen LogP contribution in [0, 0.1) is 6.92 Å². The minimum absolute atomic E-state index is 0.847. The Bertz CT molecular complexity index is 866. The van der Waals surface area contributed by atoms with Crippen molar-refractivity contribution in [1.29, 1.82) is 0 Å². The summed E-state index contributed by atoms with van der Waals surface area (Å²) in [5.74, 6) is 0.847. The molecule has 1 fully saturated rings. The summed E-state index contributed by atoms with van der Waals surface area (Å²) in [7, 11) is 2.16. The minimum atomic E-state index is 0.847. The lowest BCUT2D eigenvalue weighted by Gasteiger charge is -2.32. The number of aromatic nitrogens is 2. The molecule has 0 aliphatic carbocycles. The van der Waals surface area contributed by atoms with Gasteiger partial charge in [-0.15, -0.1) is 0 Å². The van der Waals surface area contributed by atoms with Crippen molar-refractivity contribution in [2.75, 3.05) is 38.1 Å². The van der Waals surface area contributed by atoms with Crippen LogP contribution in [0.15, 0.2) is 48.5 Å². The molecule has 4 heteroatoms. The lowest BCUT2D eigenvalue weighted by molar-refractivity contribution is 0.311. The molecule has 1 aromatic heterocycles. The van der Waals surface area contributed by atoms with Gasteiger partial charge in [0, 0.05) is 37.1 Å². The number of rotatable bonds is 2. The van der Waals surface area contributed by atoms with E-state index < -0.39 is 0 Å². The standard InChI is InChI=1S/C20H22N4/c1-15-7-3-4-8-16(15)19-17-9-5-6-10-18(17)21-20(22-19)24-13-11-23(2)12-14-24/h3-10H,11-14H2,1-2H3. The number of hydrogen-bond donors (Lipinski definition) is 0. The van der Waals surface area contributed by atoms with Crippen LogP contribution in [-0.2, 0) is 0 Å². The molecule has 0 saturated carbocycles. The highest BCUT2D eigenvalue weighted by molar-refractivity contribution is 5.93. The highest BCUT2D eigenvalue weighted by Crippen LogP contribution is 2.30. The van der Waals surface area contributed by atoms with Gasteiger partial charge in [-0.25, -0.2) is 9.97 Å². The lowest BCUT2D eigenvalue weighted by atomic mass is 10.0. The van der Waals surface area contributed by atoms with Crippen LogP contribution in [0.25, 0.3) is 22.2 Å². The average Bonchev–Trinajstić information content (AvgIpc) is 2.62. The highest BCUT2D eigenvalue weighted by Gasteiger charge is 2.19. The number of aryl methyl sites for hydroxylation is 1. The van der Waals surface area contributed by atoms with Crippen molar-refractivity contribution < 1.29 is 0 Å². The number of likely N-dealkylation sites (N-methyl/N-ethyl adjacent to an activating group) is 1. The molecule has 0 unspecified atom stereocenters. The van der Waals surface area contributed by atoms with Gasteiger partial charge in [-0.3, -0.25) is 0 Å². The summed E-state index contributed by atoms with van der Waals surface area (Å²) in [6.45, 7) is 6.19. The minimum Gasteiger partial charge on any atom is -0.338 e. The average molecular weight is 318 g/mol. The fourth-order valence-electron chi connectivity index (χ4n) is 3.26. The highest BCUT2D eigenvalue weighted by atomic mass is 15.3. The van der Waals surface area contributed by atoms with Crippen molar-refractivity contribution in [2.24, 2.45) is 0 Å². The molecule has 0 bridgehead atoms. The normalized spacial score (nSPS) is 15.8. The van der Waals surface area contributed by atoms with E-state index in [1.165, 1.54) is 11.1 Å². The summed E-state index contributed by atoms with van der Waals surface area (Å²) < 4.78 is 0. The number of benzene rings is 2. The van der Waals surface area contributed by atoms with Gasteiger partial charge in [0.1, 0.15) is 0 Å². The molecule has 0 N–H and O–H groups in total. The van der Waals surface area contributed by atoms with Crippen LogP contribution in [0.1, 0.15) is 5.56 Å². The van der Waals surface area contributed by atoms with E-state index in [1.54, 1.807) is 0 Å². The second-order valence-corrected chi connectivity index (χ2v) is 6.49. The van der Waals surface area contributed by atoms with E-state index in [4.69, 9.17) is 9.97 Å². The van der Waals surface area contributed by atoms with Gasteiger partial charge >= 0.3 is 0 Å². The van der Waals surface area contributed by atoms with Gasteiger partial charge in [0.15, 0.2) is 0 Å². The van der Waals surface area contributed by atoms with Gasteiger partial charge in [-0.2, -0.15) is 0 Å². The van der Waals surface area contributed by atoms with Gasteiger partial charge < -0.3 is 9.80 Å². The van der Waals surface area contributed by atoms with Crippen molar-refractivity contribution in [3.8, 4) is 11.3 Å². The zero-order valence-corrected chi connectivity index (χ0v) is 14.2. The first kappa shape index (κ1) is 15.1. The van der Waals surface area contributed by atoms with Crippen molar-refractivity contribution in [2.45, 2.75) is 6.92 Å². The predicted octanol–water partition coefficient (Wildman–Crippen LogP) is 3.36. The Morgan fingerprint density at radius 1 is 0.833 bits per heavy atom. The topological polar surface area (TPSA) is 32.3 Å². The number of piperazine rings is 1. The fraction of sp³-hybridized carbons (Fsp3) is 0.300. The summed E-state index contributed by atoms with van der Waals surface area (Å²) in [5.41, 5.74) is 4.48. The third-order valence-corrected chi connectivity index (χ3v) is 4.78. The molecule has 24 heavy (non-hydrogen) atoms. The number of hydrogen-bond acceptors (Lipinski definition) is 4. The van der Waals surface area contributed by atoms with Crippen molar-refractivity contribution in [3.63, 3.8) is 0 Å². The van der Waals surface area contributed by atoms with Crippen LogP contribution in [0.4, 0.5) is 5.95 Å². The molecule has 3 aromatic rings. The van der Waals surface area contributed by atoms with Crippen LogP contribution >= 0.6 is 0 Å². The summed E-state index contributed by atoms with van der Waals surface area (Å²) in [5, 5.41) is 1.12. The number of anilines is 1. The van der Waals surface area contributed by atoms with Crippen LogP contribution in [-0.4, -0.2) is 48.1 Å². The molecule has 1 aliphatic rings. The monoisotopic (exact) mass is 318 g/mol. The molecule has 4 nitrogen and oxygen atoms in total. The zero-order chi connectivity index (χ0) is 16.5. The van der Waals surface area contributed by atoms with E-state index in [-0.39, 0.29) is 0 Å². The molecule has 1 aliphatic heterocycles. The van der Waals surface area contributed by atoms with Crippen molar-refractivity contribution in [3.05, 3.63) is 54.1 Å². The van der Waals surface area contributed by atoms with E-state index in [2.05, 4.69) is 66.2 Å². The number of para-hydroxylation sites is 1. The third-order valence-electron chi connectivity index (χ3n) is 4.78. The van der Waals surface area contributed by atoms with E-state index in [1.807, 2.05) is 6.07 Å². The molecule has 4 rings (SSSR count). The first-order chi connectivity index (χ1) is 11.7. The number of nitrogens with zero attached hydrogens (tertiary/aromatic N) is 4. The second-order valence-electron chi connectivity index (χ2n) is 6.49. The van der Waals surface area contributed by atoms with E-state index in [9.17, 15) is 0 Å². The Morgan fingerprint density at radius 2 is 1.54 bits per heavy atom. The maximum Gasteiger partial charge on any atom is 0.226 e. The van der Waals surface area contributed by atoms with Crippen molar-refractivity contribution >= 4 is 16.9 Å². The Balaban J connectivity index is 1.87. The molecule has 0 atom stereocenters. The zero-order valence-electron chi connectivity index (χ0n) is 14.2. The maximum absolute atomic E-state index is 4.98. The fourth-order valence-corrected chi connectivity index (χ4v) is 3.26. The van der Waals surface area contributed by atoms with Crippen molar-refractivity contribution in [1.82, 2.24) is 14.9 Å². The van der Waals surface area contributed by atoms with Crippen LogP contribution < -0.4 is 4.90 Å². The molecular weight excluding hydrogens is 296 g/mol. The molecule has 0 spiro atoms.